The monoisotopic (exact) mass is 363 g/mol. The minimum absolute atomic E-state index is 0.161. The summed E-state index contributed by atoms with van der Waals surface area (Å²) in [6, 6.07) is 18.2. The molecule has 2 aromatic rings. The number of carbonyl (C=O) groups is 1. The zero-order valence-corrected chi connectivity index (χ0v) is 16.3. The molecule has 2 aliphatic rings. The SMILES string of the molecule is CC(C)(CNC1CCC2(Cc3ccccc3Cc3ccccc32)C1)C(=O)O. The highest BCUT2D eigenvalue weighted by atomic mass is 16.4. The van der Waals surface area contributed by atoms with Crippen LogP contribution >= 0.6 is 0 Å². The molecule has 0 bridgehead atoms. The van der Waals surface area contributed by atoms with E-state index in [2.05, 4.69) is 53.8 Å². The number of aliphatic carboxylic acids is 1. The molecule has 3 heteroatoms. The number of benzene rings is 2. The first-order chi connectivity index (χ1) is 12.9. The first kappa shape index (κ1) is 18.2. The molecule has 0 amide bonds. The molecule has 2 atom stereocenters. The summed E-state index contributed by atoms with van der Waals surface area (Å²) in [7, 11) is 0. The molecular formula is C24H29NO2. The molecule has 142 valence electrons. The lowest BCUT2D eigenvalue weighted by Gasteiger charge is -2.31. The maximum absolute atomic E-state index is 11.4. The van der Waals surface area contributed by atoms with Crippen molar-refractivity contribution in [1.82, 2.24) is 5.32 Å². The fourth-order valence-electron chi connectivity index (χ4n) is 4.94. The third-order valence-corrected chi connectivity index (χ3v) is 6.64. The molecule has 0 aromatic heterocycles. The van der Waals surface area contributed by atoms with E-state index in [0.717, 1.165) is 32.1 Å². The first-order valence-corrected chi connectivity index (χ1v) is 10.0. The molecule has 2 N–H and O–H groups in total. The van der Waals surface area contributed by atoms with Crippen LogP contribution in [0.3, 0.4) is 0 Å². The van der Waals surface area contributed by atoms with Crippen LogP contribution in [0.2, 0.25) is 0 Å². The van der Waals surface area contributed by atoms with Crippen molar-refractivity contribution in [3.63, 3.8) is 0 Å². The molecule has 2 aliphatic carbocycles. The van der Waals surface area contributed by atoms with Crippen LogP contribution in [0.4, 0.5) is 0 Å². The van der Waals surface area contributed by atoms with Gasteiger partial charge < -0.3 is 10.4 Å². The zero-order valence-electron chi connectivity index (χ0n) is 16.3. The second kappa shape index (κ2) is 6.79. The largest absolute Gasteiger partial charge is 0.481 e. The summed E-state index contributed by atoms with van der Waals surface area (Å²) in [5.74, 6) is -0.739. The fraction of sp³-hybridized carbons (Fsp3) is 0.458. The van der Waals surface area contributed by atoms with Gasteiger partial charge in [-0.3, -0.25) is 4.79 Å². The van der Waals surface area contributed by atoms with Gasteiger partial charge in [0.05, 0.1) is 5.41 Å². The summed E-state index contributed by atoms with van der Waals surface area (Å²) in [6.07, 6.45) is 5.43. The van der Waals surface area contributed by atoms with Crippen molar-refractivity contribution in [2.45, 2.75) is 57.4 Å². The Kier molecular flexibility index (Phi) is 4.59. The van der Waals surface area contributed by atoms with Gasteiger partial charge in [0.1, 0.15) is 0 Å². The lowest BCUT2D eigenvalue weighted by atomic mass is 9.73. The molecule has 0 radical (unpaired) electrons. The Morgan fingerprint density at radius 3 is 2.52 bits per heavy atom. The van der Waals surface area contributed by atoms with Crippen molar-refractivity contribution in [1.29, 1.82) is 0 Å². The highest BCUT2D eigenvalue weighted by Crippen LogP contribution is 2.47. The van der Waals surface area contributed by atoms with E-state index in [1.165, 1.54) is 22.3 Å². The van der Waals surface area contributed by atoms with E-state index in [0.29, 0.717) is 12.6 Å². The van der Waals surface area contributed by atoms with Gasteiger partial charge >= 0.3 is 5.97 Å². The Hall–Kier alpha value is -2.13. The smallest absolute Gasteiger partial charge is 0.310 e. The van der Waals surface area contributed by atoms with Crippen LogP contribution in [-0.4, -0.2) is 23.7 Å². The summed E-state index contributed by atoms with van der Waals surface area (Å²) in [6.45, 7) is 4.11. The third-order valence-electron chi connectivity index (χ3n) is 6.64. The maximum atomic E-state index is 11.4. The lowest BCUT2D eigenvalue weighted by Crippen LogP contribution is -2.41. The number of carboxylic acids is 1. The van der Waals surface area contributed by atoms with E-state index in [-0.39, 0.29) is 5.41 Å². The van der Waals surface area contributed by atoms with Gasteiger partial charge in [-0.2, -0.15) is 0 Å². The van der Waals surface area contributed by atoms with Crippen molar-refractivity contribution < 1.29 is 9.90 Å². The van der Waals surface area contributed by atoms with Gasteiger partial charge in [-0.1, -0.05) is 48.5 Å². The molecular weight excluding hydrogens is 334 g/mol. The molecule has 1 saturated carbocycles. The van der Waals surface area contributed by atoms with E-state index >= 15 is 0 Å². The number of hydrogen-bond donors (Lipinski definition) is 2. The maximum Gasteiger partial charge on any atom is 0.310 e. The van der Waals surface area contributed by atoms with Crippen LogP contribution in [0.15, 0.2) is 48.5 Å². The van der Waals surface area contributed by atoms with Gasteiger partial charge in [0.25, 0.3) is 0 Å². The van der Waals surface area contributed by atoms with Crippen LogP contribution in [0.5, 0.6) is 0 Å². The molecule has 0 heterocycles. The summed E-state index contributed by atoms with van der Waals surface area (Å²) >= 11 is 0. The van der Waals surface area contributed by atoms with Crippen LogP contribution in [0, 0.1) is 5.41 Å². The van der Waals surface area contributed by atoms with Crippen LogP contribution in [0.25, 0.3) is 0 Å². The normalized spacial score (nSPS) is 24.3. The molecule has 3 nitrogen and oxygen atoms in total. The Morgan fingerprint density at radius 1 is 1.11 bits per heavy atom. The number of hydrogen-bond acceptors (Lipinski definition) is 2. The van der Waals surface area contributed by atoms with Gasteiger partial charge in [-0.25, -0.2) is 0 Å². The quantitative estimate of drug-likeness (QED) is 0.850. The Morgan fingerprint density at radius 2 is 1.78 bits per heavy atom. The van der Waals surface area contributed by atoms with Crippen LogP contribution in [0.1, 0.15) is 55.4 Å². The van der Waals surface area contributed by atoms with Crippen molar-refractivity contribution in [3.05, 3.63) is 70.8 Å². The third kappa shape index (κ3) is 3.41. The number of nitrogens with one attached hydrogen (secondary N) is 1. The Bertz CT molecular complexity index is 857. The van der Waals surface area contributed by atoms with Crippen molar-refractivity contribution in [2.75, 3.05) is 6.54 Å². The second-order valence-electron chi connectivity index (χ2n) is 9.07. The average Bonchev–Trinajstić information content (AvgIpc) is 2.99. The predicted molar refractivity (Wildman–Crippen MR) is 108 cm³/mol. The minimum Gasteiger partial charge on any atom is -0.481 e. The summed E-state index contributed by atoms with van der Waals surface area (Å²) < 4.78 is 0. The predicted octanol–water partition coefficient (Wildman–Crippen LogP) is 4.32. The summed E-state index contributed by atoms with van der Waals surface area (Å²) in [5.41, 5.74) is 5.31. The van der Waals surface area contributed by atoms with Gasteiger partial charge in [0.2, 0.25) is 0 Å². The van der Waals surface area contributed by atoms with Crippen LogP contribution in [-0.2, 0) is 23.1 Å². The second-order valence-corrected chi connectivity index (χ2v) is 9.07. The van der Waals surface area contributed by atoms with Gasteiger partial charge in [-0.15, -0.1) is 0 Å². The van der Waals surface area contributed by atoms with Crippen molar-refractivity contribution >= 4 is 5.97 Å². The van der Waals surface area contributed by atoms with E-state index in [1.807, 2.05) is 0 Å². The molecule has 4 rings (SSSR count). The molecule has 2 aromatic carbocycles. The highest BCUT2D eigenvalue weighted by Gasteiger charge is 2.43. The number of rotatable bonds is 4. The minimum atomic E-state index is -0.739. The summed E-state index contributed by atoms with van der Waals surface area (Å²) in [5, 5.41) is 13.0. The zero-order chi connectivity index (χ0) is 19.1. The number of fused-ring (bicyclic) bond motifs is 3. The van der Waals surface area contributed by atoms with E-state index in [9.17, 15) is 9.90 Å². The van der Waals surface area contributed by atoms with Crippen LogP contribution < -0.4 is 5.32 Å². The Labute approximate surface area is 161 Å². The van der Waals surface area contributed by atoms with E-state index in [1.54, 1.807) is 13.8 Å². The topological polar surface area (TPSA) is 49.3 Å². The van der Waals surface area contributed by atoms with Gasteiger partial charge in [0.15, 0.2) is 0 Å². The highest BCUT2D eigenvalue weighted by molar-refractivity contribution is 5.73. The standard InChI is InChI=1S/C24H29NO2/c1-23(2,22(26)27)16-25-20-11-12-24(15-20)14-19-9-4-3-7-17(19)13-18-8-5-6-10-21(18)24/h3-10,20,25H,11-16H2,1-2H3,(H,26,27). The molecule has 0 saturated heterocycles. The lowest BCUT2D eigenvalue weighted by molar-refractivity contribution is -0.146. The molecule has 2 unspecified atom stereocenters. The summed E-state index contributed by atoms with van der Waals surface area (Å²) in [4.78, 5) is 11.4. The fourth-order valence-corrected chi connectivity index (χ4v) is 4.94. The van der Waals surface area contributed by atoms with Gasteiger partial charge in [-0.05, 0) is 68.2 Å². The Balaban J connectivity index is 1.61. The first-order valence-electron chi connectivity index (χ1n) is 10.0. The molecule has 1 spiro atoms. The van der Waals surface area contributed by atoms with Crippen molar-refractivity contribution in [2.24, 2.45) is 5.41 Å². The molecule has 0 aliphatic heterocycles. The molecule has 1 fully saturated rings. The van der Waals surface area contributed by atoms with E-state index < -0.39 is 11.4 Å². The van der Waals surface area contributed by atoms with Gasteiger partial charge in [0, 0.05) is 18.0 Å². The average molecular weight is 364 g/mol. The molecule has 27 heavy (non-hydrogen) atoms. The van der Waals surface area contributed by atoms with Crippen molar-refractivity contribution in [3.8, 4) is 0 Å². The number of carboxylic acid groups (broad SMARTS) is 1. The van der Waals surface area contributed by atoms with E-state index in [4.69, 9.17) is 0 Å².